The van der Waals surface area contributed by atoms with E-state index in [2.05, 4.69) is 5.32 Å². The number of amides is 1. The zero-order valence-corrected chi connectivity index (χ0v) is 13.3. The van der Waals surface area contributed by atoms with Gasteiger partial charge in [0, 0.05) is 19.6 Å². The van der Waals surface area contributed by atoms with Gasteiger partial charge in [-0.2, -0.15) is 0 Å². The summed E-state index contributed by atoms with van der Waals surface area (Å²) in [5, 5.41) is 2.98. The molecule has 6 nitrogen and oxygen atoms in total. The van der Waals surface area contributed by atoms with Gasteiger partial charge in [-0.1, -0.05) is 12.1 Å². The van der Waals surface area contributed by atoms with E-state index in [1.807, 2.05) is 25.1 Å². The topological polar surface area (TPSA) is 73.5 Å². The largest absolute Gasteiger partial charge is 0.419 e. The Kier molecular flexibility index (Phi) is 4.81. The van der Waals surface area contributed by atoms with Crippen molar-refractivity contribution in [2.24, 2.45) is 0 Å². The quantitative estimate of drug-likeness (QED) is 0.885. The third-order valence-electron chi connectivity index (χ3n) is 4.27. The Labute approximate surface area is 134 Å². The maximum Gasteiger partial charge on any atom is 0.419 e. The van der Waals surface area contributed by atoms with E-state index < -0.39 is 0 Å². The minimum atomic E-state index is -0.376. The molecule has 2 atom stereocenters. The van der Waals surface area contributed by atoms with Gasteiger partial charge in [-0.3, -0.25) is 9.36 Å². The highest BCUT2D eigenvalue weighted by molar-refractivity contribution is 5.76. The van der Waals surface area contributed by atoms with Crippen LogP contribution in [0.2, 0.25) is 0 Å². The standard InChI is InChI=1S/C17H22N2O4/c1-12(14-8-5-11-22-14)18-16(20)9-4-10-19-13-6-2-3-7-15(13)23-17(19)21/h2-3,6-7,12,14H,4-5,8-11H2,1H3,(H,18,20)/t12-,14-/m0/s1. The SMILES string of the molecule is C[C@H](NC(=O)CCCn1c(=O)oc2ccccc21)[C@@H]1CCCO1. The van der Waals surface area contributed by atoms with Crippen LogP contribution < -0.4 is 11.1 Å². The maximum atomic E-state index is 12.0. The van der Waals surface area contributed by atoms with Gasteiger partial charge < -0.3 is 14.5 Å². The van der Waals surface area contributed by atoms with Crippen molar-refractivity contribution in [1.82, 2.24) is 9.88 Å². The third kappa shape index (κ3) is 3.64. The first kappa shape index (κ1) is 15.8. The average molecular weight is 318 g/mol. The molecular weight excluding hydrogens is 296 g/mol. The van der Waals surface area contributed by atoms with Crippen molar-refractivity contribution in [3.63, 3.8) is 0 Å². The fourth-order valence-electron chi connectivity index (χ4n) is 3.04. The molecule has 1 aromatic heterocycles. The average Bonchev–Trinajstić information content (AvgIpc) is 3.16. The zero-order chi connectivity index (χ0) is 16.2. The number of aromatic nitrogens is 1. The Morgan fingerprint density at radius 3 is 3.04 bits per heavy atom. The lowest BCUT2D eigenvalue weighted by Gasteiger charge is -2.19. The van der Waals surface area contributed by atoms with Crippen LogP contribution in [-0.4, -0.2) is 29.2 Å². The van der Waals surface area contributed by atoms with Crippen LogP contribution in [0.3, 0.4) is 0 Å². The lowest BCUT2D eigenvalue weighted by atomic mass is 10.1. The molecule has 0 aliphatic carbocycles. The molecule has 1 saturated heterocycles. The van der Waals surface area contributed by atoms with Gasteiger partial charge in [-0.15, -0.1) is 0 Å². The smallest absolute Gasteiger partial charge is 0.408 e. The van der Waals surface area contributed by atoms with Gasteiger partial charge in [-0.05, 0) is 38.3 Å². The van der Waals surface area contributed by atoms with Crippen LogP contribution in [0.15, 0.2) is 33.5 Å². The molecule has 1 fully saturated rings. The molecule has 1 aliphatic rings. The van der Waals surface area contributed by atoms with Crippen LogP contribution in [0.25, 0.3) is 11.1 Å². The summed E-state index contributed by atoms with van der Waals surface area (Å²) in [4.78, 5) is 23.9. The lowest BCUT2D eigenvalue weighted by Crippen LogP contribution is -2.40. The summed E-state index contributed by atoms with van der Waals surface area (Å²) in [5.74, 6) is -0.381. The summed E-state index contributed by atoms with van der Waals surface area (Å²) >= 11 is 0. The minimum absolute atomic E-state index is 0.00569. The molecule has 0 bridgehead atoms. The molecule has 0 radical (unpaired) electrons. The Morgan fingerprint density at radius 1 is 1.43 bits per heavy atom. The third-order valence-corrected chi connectivity index (χ3v) is 4.27. The summed E-state index contributed by atoms with van der Waals surface area (Å²) in [7, 11) is 0. The number of hydrogen-bond acceptors (Lipinski definition) is 4. The Bertz CT molecular complexity index is 728. The van der Waals surface area contributed by atoms with Crippen LogP contribution in [0.4, 0.5) is 0 Å². The number of nitrogens with zero attached hydrogens (tertiary/aromatic N) is 1. The molecule has 0 spiro atoms. The molecular formula is C17H22N2O4. The number of fused-ring (bicyclic) bond motifs is 1. The number of carbonyl (C=O) groups excluding carboxylic acids is 1. The first-order valence-electron chi connectivity index (χ1n) is 8.14. The maximum absolute atomic E-state index is 12.0. The molecule has 0 saturated carbocycles. The first-order valence-corrected chi connectivity index (χ1v) is 8.14. The second-order valence-corrected chi connectivity index (χ2v) is 6.00. The van der Waals surface area contributed by atoms with Crippen molar-refractivity contribution < 1.29 is 13.9 Å². The minimum Gasteiger partial charge on any atom is -0.408 e. The molecule has 124 valence electrons. The van der Waals surface area contributed by atoms with Crippen molar-refractivity contribution in [3.05, 3.63) is 34.8 Å². The van der Waals surface area contributed by atoms with Crippen LogP contribution in [0, 0.1) is 0 Å². The summed E-state index contributed by atoms with van der Waals surface area (Å²) in [6, 6.07) is 7.34. The summed E-state index contributed by atoms with van der Waals surface area (Å²) in [6.45, 7) is 3.22. The molecule has 6 heteroatoms. The fraction of sp³-hybridized carbons (Fsp3) is 0.529. The molecule has 3 rings (SSSR count). The number of nitrogens with one attached hydrogen (secondary N) is 1. The first-order chi connectivity index (χ1) is 11.1. The van der Waals surface area contributed by atoms with E-state index in [0.29, 0.717) is 25.0 Å². The van der Waals surface area contributed by atoms with Gasteiger partial charge >= 0.3 is 5.76 Å². The second kappa shape index (κ2) is 7.00. The Balaban J connectivity index is 1.51. The molecule has 2 heterocycles. The monoisotopic (exact) mass is 318 g/mol. The predicted molar refractivity (Wildman–Crippen MR) is 86.3 cm³/mol. The van der Waals surface area contributed by atoms with Gasteiger partial charge in [0.2, 0.25) is 5.91 Å². The highest BCUT2D eigenvalue weighted by Gasteiger charge is 2.23. The number of ether oxygens (including phenoxy) is 1. The van der Waals surface area contributed by atoms with E-state index in [0.717, 1.165) is 25.0 Å². The lowest BCUT2D eigenvalue weighted by molar-refractivity contribution is -0.122. The summed E-state index contributed by atoms with van der Waals surface area (Å²) < 4.78 is 12.3. The van der Waals surface area contributed by atoms with Crippen LogP contribution in [-0.2, 0) is 16.1 Å². The number of rotatable bonds is 6. The van der Waals surface area contributed by atoms with Crippen molar-refractivity contribution >= 4 is 17.0 Å². The molecule has 1 amide bonds. The highest BCUT2D eigenvalue weighted by Crippen LogP contribution is 2.16. The number of carbonyl (C=O) groups is 1. The molecule has 1 N–H and O–H groups in total. The number of aryl methyl sites for hydroxylation is 1. The van der Waals surface area contributed by atoms with Crippen LogP contribution in [0.1, 0.15) is 32.6 Å². The van der Waals surface area contributed by atoms with Gasteiger partial charge in [0.1, 0.15) is 0 Å². The normalized spacial score (nSPS) is 19.1. The zero-order valence-electron chi connectivity index (χ0n) is 13.3. The van der Waals surface area contributed by atoms with E-state index in [1.165, 1.54) is 0 Å². The Hall–Kier alpha value is -2.08. The van der Waals surface area contributed by atoms with Crippen LogP contribution in [0.5, 0.6) is 0 Å². The van der Waals surface area contributed by atoms with Gasteiger partial charge in [-0.25, -0.2) is 4.79 Å². The van der Waals surface area contributed by atoms with Crippen molar-refractivity contribution in [3.8, 4) is 0 Å². The number of oxazole rings is 1. The van der Waals surface area contributed by atoms with Gasteiger partial charge in [0.25, 0.3) is 0 Å². The highest BCUT2D eigenvalue weighted by atomic mass is 16.5. The predicted octanol–water partition coefficient (Wildman–Crippen LogP) is 2.06. The van der Waals surface area contributed by atoms with Gasteiger partial charge in [0.15, 0.2) is 5.58 Å². The van der Waals surface area contributed by atoms with Gasteiger partial charge in [0.05, 0.1) is 17.7 Å². The number of hydrogen-bond donors (Lipinski definition) is 1. The summed E-state index contributed by atoms with van der Waals surface area (Å²) in [5.41, 5.74) is 1.35. The van der Waals surface area contributed by atoms with E-state index in [-0.39, 0.29) is 23.8 Å². The number of benzene rings is 1. The van der Waals surface area contributed by atoms with Crippen molar-refractivity contribution in [1.29, 1.82) is 0 Å². The Morgan fingerprint density at radius 2 is 2.26 bits per heavy atom. The number of para-hydroxylation sites is 2. The van der Waals surface area contributed by atoms with E-state index in [1.54, 1.807) is 10.6 Å². The second-order valence-electron chi connectivity index (χ2n) is 6.00. The molecule has 1 aromatic carbocycles. The van der Waals surface area contributed by atoms with E-state index >= 15 is 0 Å². The molecule has 1 aliphatic heterocycles. The molecule has 23 heavy (non-hydrogen) atoms. The van der Waals surface area contributed by atoms with E-state index in [9.17, 15) is 9.59 Å². The summed E-state index contributed by atoms with van der Waals surface area (Å²) in [6.07, 6.45) is 3.15. The fourth-order valence-corrected chi connectivity index (χ4v) is 3.04. The van der Waals surface area contributed by atoms with Crippen LogP contribution >= 0.6 is 0 Å². The van der Waals surface area contributed by atoms with Crippen molar-refractivity contribution in [2.75, 3.05) is 6.61 Å². The van der Waals surface area contributed by atoms with E-state index in [4.69, 9.17) is 9.15 Å². The molecule has 2 aromatic rings. The van der Waals surface area contributed by atoms with Crippen molar-refractivity contribution in [2.45, 2.75) is 51.3 Å². The molecule has 0 unspecified atom stereocenters.